The van der Waals surface area contributed by atoms with Gasteiger partial charge in [-0.2, -0.15) is 0 Å². The quantitative estimate of drug-likeness (QED) is 0.473. The lowest BCUT2D eigenvalue weighted by Gasteiger charge is -2.05. The maximum Gasteiger partial charge on any atom is 0.246 e. The van der Waals surface area contributed by atoms with Gasteiger partial charge < -0.3 is 16.2 Å². The first-order chi connectivity index (χ1) is 6.04. The SMILES string of the molecule is CC(=O)NCCCCC(O)C(N)=O. The van der Waals surface area contributed by atoms with Gasteiger partial charge in [-0.3, -0.25) is 9.59 Å². The van der Waals surface area contributed by atoms with Crippen LogP contribution in [0.3, 0.4) is 0 Å². The number of aliphatic hydroxyl groups excluding tert-OH is 1. The van der Waals surface area contributed by atoms with Crippen molar-refractivity contribution in [2.75, 3.05) is 6.54 Å². The zero-order chi connectivity index (χ0) is 10.3. The van der Waals surface area contributed by atoms with E-state index in [-0.39, 0.29) is 5.91 Å². The fourth-order valence-electron chi connectivity index (χ4n) is 0.869. The molecule has 2 amide bonds. The first kappa shape index (κ1) is 11.9. The second-order valence-electron chi connectivity index (χ2n) is 2.90. The summed E-state index contributed by atoms with van der Waals surface area (Å²) in [5.74, 6) is -0.769. The molecule has 0 bridgehead atoms. The average molecular weight is 188 g/mol. The largest absolute Gasteiger partial charge is 0.383 e. The molecule has 76 valence electrons. The number of unbranched alkanes of at least 4 members (excludes halogenated alkanes) is 1. The zero-order valence-electron chi connectivity index (χ0n) is 7.75. The van der Waals surface area contributed by atoms with Crippen molar-refractivity contribution in [2.45, 2.75) is 32.3 Å². The van der Waals surface area contributed by atoms with Crippen LogP contribution in [0.25, 0.3) is 0 Å². The molecule has 0 aromatic rings. The van der Waals surface area contributed by atoms with Crippen LogP contribution in [-0.2, 0) is 9.59 Å². The average Bonchev–Trinajstić information content (AvgIpc) is 2.02. The van der Waals surface area contributed by atoms with Crippen LogP contribution in [0.4, 0.5) is 0 Å². The van der Waals surface area contributed by atoms with E-state index in [1.807, 2.05) is 0 Å². The standard InChI is InChI=1S/C8H16N2O3/c1-6(11)10-5-3-2-4-7(12)8(9)13/h7,12H,2-5H2,1H3,(H2,9,13)(H,10,11). The van der Waals surface area contributed by atoms with E-state index in [4.69, 9.17) is 10.8 Å². The summed E-state index contributed by atoms with van der Waals surface area (Å²) in [5.41, 5.74) is 4.84. The highest BCUT2D eigenvalue weighted by atomic mass is 16.3. The third-order valence-electron chi connectivity index (χ3n) is 1.61. The molecule has 5 heteroatoms. The fourth-order valence-corrected chi connectivity index (χ4v) is 0.869. The summed E-state index contributed by atoms with van der Waals surface area (Å²) in [4.78, 5) is 20.8. The number of hydrogen-bond donors (Lipinski definition) is 3. The summed E-state index contributed by atoms with van der Waals surface area (Å²) >= 11 is 0. The van der Waals surface area contributed by atoms with Crippen molar-refractivity contribution >= 4 is 11.8 Å². The van der Waals surface area contributed by atoms with E-state index < -0.39 is 12.0 Å². The number of amides is 2. The normalized spacial score (nSPS) is 12.2. The topological polar surface area (TPSA) is 92.4 Å². The fraction of sp³-hybridized carbons (Fsp3) is 0.750. The molecule has 0 saturated carbocycles. The van der Waals surface area contributed by atoms with Gasteiger partial charge in [-0.1, -0.05) is 0 Å². The number of primary amides is 1. The summed E-state index contributed by atoms with van der Waals surface area (Å²) in [6.07, 6.45) is 0.709. The van der Waals surface area contributed by atoms with Crippen molar-refractivity contribution in [3.05, 3.63) is 0 Å². The number of rotatable bonds is 6. The Morgan fingerprint density at radius 3 is 2.54 bits per heavy atom. The van der Waals surface area contributed by atoms with Crippen molar-refractivity contribution in [1.29, 1.82) is 0 Å². The van der Waals surface area contributed by atoms with Gasteiger partial charge in [0.05, 0.1) is 0 Å². The van der Waals surface area contributed by atoms with E-state index in [1.54, 1.807) is 0 Å². The molecule has 13 heavy (non-hydrogen) atoms. The Kier molecular flexibility index (Phi) is 5.88. The van der Waals surface area contributed by atoms with Gasteiger partial charge in [0, 0.05) is 13.5 Å². The van der Waals surface area contributed by atoms with Crippen LogP contribution in [0.5, 0.6) is 0 Å². The van der Waals surface area contributed by atoms with Gasteiger partial charge >= 0.3 is 0 Å². The Morgan fingerprint density at radius 2 is 2.08 bits per heavy atom. The summed E-state index contributed by atoms with van der Waals surface area (Å²) in [6, 6.07) is 0. The third kappa shape index (κ3) is 7.27. The molecule has 1 unspecified atom stereocenters. The van der Waals surface area contributed by atoms with E-state index in [1.165, 1.54) is 6.92 Å². The predicted molar refractivity (Wildman–Crippen MR) is 47.7 cm³/mol. The second kappa shape index (κ2) is 6.42. The molecule has 0 aliphatic rings. The maximum absolute atomic E-state index is 10.4. The van der Waals surface area contributed by atoms with Crippen LogP contribution >= 0.6 is 0 Å². The molecule has 0 aliphatic heterocycles. The Hall–Kier alpha value is -1.10. The smallest absolute Gasteiger partial charge is 0.246 e. The molecule has 0 radical (unpaired) electrons. The van der Waals surface area contributed by atoms with Crippen LogP contribution in [0.1, 0.15) is 26.2 Å². The Balaban J connectivity index is 3.26. The number of carbonyl (C=O) groups is 2. The van der Waals surface area contributed by atoms with Crippen molar-refractivity contribution in [2.24, 2.45) is 5.73 Å². The second-order valence-corrected chi connectivity index (χ2v) is 2.90. The van der Waals surface area contributed by atoms with E-state index in [0.29, 0.717) is 19.4 Å². The van der Waals surface area contributed by atoms with Gasteiger partial charge in [0.15, 0.2) is 0 Å². The van der Waals surface area contributed by atoms with E-state index in [0.717, 1.165) is 6.42 Å². The van der Waals surface area contributed by atoms with Gasteiger partial charge in [-0.15, -0.1) is 0 Å². The molecule has 0 spiro atoms. The number of carbonyl (C=O) groups excluding carboxylic acids is 2. The van der Waals surface area contributed by atoms with Crippen molar-refractivity contribution in [3.63, 3.8) is 0 Å². The van der Waals surface area contributed by atoms with Gasteiger partial charge in [-0.25, -0.2) is 0 Å². The first-order valence-electron chi connectivity index (χ1n) is 4.26. The molecule has 5 nitrogen and oxygen atoms in total. The minimum atomic E-state index is -1.06. The van der Waals surface area contributed by atoms with Gasteiger partial charge in [-0.05, 0) is 19.3 Å². The highest BCUT2D eigenvalue weighted by Gasteiger charge is 2.09. The van der Waals surface area contributed by atoms with E-state index in [2.05, 4.69) is 5.32 Å². The Morgan fingerprint density at radius 1 is 1.46 bits per heavy atom. The molecule has 0 aromatic heterocycles. The van der Waals surface area contributed by atoms with Crippen LogP contribution in [-0.4, -0.2) is 29.6 Å². The predicted octanol–water partition coefficient (Wildman–Crippen LogP) is -0.861. The molecule has 0 saturated heterocycles. The van der Waals surface area contributed by atoms with Gasteiger partial charge in [0.25, 0.3) is 0 Å². The first-order valence-corrected chi connectivity index (χ1v) is 4.26. The monoisotopic (exact) mass is 188 g/mol. The molecule has 1 atom stereocenters. The third-order valence-corrected chi connectivity index (χ3v) is 1.61. The number of aliphatic hydroxyl groups is 1. The zero-order valence-corrected chi connectivity index (χ0v) is 7.75. The molecule has 4 N–H and O–H groups in total. The van der Waals surface area contributed by atoms with Crippen LogP contribution in [0.15, 0.2) is 0 Å². The minimum Gasteiger partial charge on any atom is -0.383 e. The summed E-state index contributed by atoms with van der Waals surface area (Å²) in [5, 5.41) is 11.6. The Bertz CT molecular complexity index is 182. The molecule has 0 fully saturated rings. The minimum absolute atomic E-state index is 0.0737. The highest BCUT2D eigenvalue weighted by Crippen LogP contribution is 1.99. The maximum atomic E-state index is 10.4. The molecule has 0 heterocycles. The molecular formula is C8H16N2O3. The number of hydrogen-bond acceptors (Lipinski definition) is 3. The lowest BCUT2D eigenvalue weighted by molar-refractivity contribution is -0.126. The van der Waals surface area contributed by atoms with E-state index >= 15 is 0 Å². The summed E-state index contributed by atoms with van der Waals surface area (Å²) in [7, 11) is 0. The molecule has 0 aliphatic carbocycles. The summed E-state index contributed by atoms with van der Waals surface area (Å²) in [6.45, 7) is 2.01. The molecule has 0 rings (SSSR count). The van der Waals surface area contributed by atoms with Crippen molar-refractivity contribution in [3.8, 4) is 0 Å². The van der Waals surface area contributed by atoms with Crippen molar-refractivity contribution in [1.82, 2.24) is 5.32 Å². The van der Waals surface area contributed by atoms with Crippen LogP contribution in [0.2, 0.25) is 0 Å². The molecule has 0 aromatic carbocycles. The molecular weight excluding hydrogens is 172 g/mol. The van der Waals surface area contributed by atoms with Gasteiger partial charge in [0.1, 0.15) is 6.10 Å². The number of nitrogens with two attached hydrogens (primary N) is 1. The van der Waals surface area contributed by atoms with Crippen LogP contribution < -0.4 is 11.1 Å². The summed E-state index contributed by atoms with van der Waals surface area (Å²) < 4.78 is 0. The lowest BCUT2D eigenvalue weighted by Crippen LogP contribution is -2.28. The van der Waals surface area contributed by atoms with Crippen LogP contribution in [0, 0.1) is 0 Å². The lowest BCUT2D eigenvalue weighted by atomic mass is 10.1. The highest BCUT2D eigenvalue weighted by molar-refractivity contribution is 5.78. The van der Waals surface area contributed by atoms with Crippen molar-refractivity contribution < 1.29 is 14.7 Å². The number of nitrogens with one attached hydrogen (secondary N) is 1. The van der Waals surface area contributed by atoms with Gasteiger partial charge in [0.2, 0.25) is 11.8 Å². The van der Waals surface area contributed by atoms with E-state index in [9.17, 15) is 9.59 Å². The Labute approximate surface area is 77.3 Å².